The topological polar surface area (TPSA) is 35.5 Å². The summed E-state index contributed by atoms with van der Waals surface area (Å²) in [6.07, 6.45) is 0. The summed E-state index contributed by atoms with van der Waals surface area (Å²) >= 11 is 7.26. The smallest absolute Gasteiger partial charge is 0.177 e. The molecular weight excluding hydrogens is 436 g/mol. The molecule has 5 heteroatoms. The average molecular weight is 456 g/mol. The molecule has 0 heterocycles. The third kappa shape index (κ3) is 4.01. The average Bonchev–Trinajstić information content (AvgIpc) is 2.59. The Morgan fingerprint density at radius 2 is 1.42 bits per heavy atom. The van der Waals surface area contributed by atoms with Crippen LogP contribution in [-0.4, -0.2) is 24.8 Å². The fourth-order valence-electron chi connectivity index (χ4n) is 2.68. The summed E-state index contributed by atoms with van der Waals surface area (Å²) in [4.78, 5) is 12.2. The fourth-order valence-corrected chi connectivity index (χ4v) is 4.17. The number of hydrogen-bond donors (Lipinski definition) is 0. The second-order valence-electron chi connectivity index (χ2n) is 5.57. The van der Waals surface area contributed by atoms with Gasteiger partial charge < -0.3 is 9.47 Å². The first kappa shape index (κ1) is 19.0. The maximum atomic E-state index is 12.8. The number of Topliss-reactive ketones (excluding diaryl/α,β-unsaturated/α-hetero) is 1. The van der Waals surface area contributed by atoms with Gasteiger partial charge in [0.1, 0.15) is 11.5 Å². The summed E-state index contributed by atoms with van der Waals surface area (Å²) in [6.45, 7) is 4.05. The van der Waals surface area contributed by atoms with Crippen LogP contribution in [-0.2, 0) is 0 Å². The van der Waals surface area contributed by atoms with Gasteiger partial charge in [-0.15, -0.1) is 0 Å². The highest BCUT2D eigenvalue weighted by Crippen LogP contribution is 2.38. The summed E-state index contributed by atoms with van der Waals surface area (Å²) in [6, 6.07) is 11.1. The molecular formula is C19H20Br2O3. The van der Waals surface area contributed by atoms with E-state index >= 15 is 0 Å². The number of methoxy groups -OCH3 is 2. The lowest BCUT2D eigenvalue weighted by Crippen LogP contribution is -2.20. The Labute approximate surface area is 159 Å². The third-order valence-corrected chi connectivity index (χ3v) is 6.60. The van der Waals surface area contributed by atoms with E-state index in [4.69, 9.17) is 9.47 Å². The van der Waals surface area contributed by atoms with Gasteiger partial charge in [-0.2, -0.15) is 0 Å². The second-order valence-corrected chi connectivity index (χ2v) is 7.54. The first-order valence-electron chi connectivity index (χ1n) is 7.50. The molecule has 24 heavy (non-hydrogen) atoms. The molecule has 0 spiro atoms. The Hall–Kier alpha value is -1.33. The van der Waals surface area contributed by atoms with Crippen LogP contribution in [0.15, 0.2) is 36.4 Å². The molecule has 0 radical (unpaired) electrons. The number of carbonyl (C=O) groups excluding carboxylic acids is 1. The molecule has 0 aliphatic heterocycles. The molecule has 0 N–H and O–H groups in total. The van der Waals surface area contributed by atoms with E-state index < -0.39 is 0 Å². The van der Waals surface area contributed by atoms with Crippen molar-refractivity contribution in [2.45, 2.75) is 23.5 Å². The van der Waals surface area contributed by atoms with Gasteiger partial charge in [0, 0.05) is 5.56 Å². The van der Waals surface area contributed by atoms with Crippen LogP contribution >= 0.6 is 31.9 Å². The van der Waals surface area contributed by atoms with Crippen molar-refractivity contribution in [3.05, 3.63) is 58.7 Å². The molecule has 0 aliphatic carbocycles. The highest BCUT2D eigenvalue weighted by Gasteiger charge is 2.28. The number of carbonyl (C=O) groups is 1. The van der Waals surface area contributed by atoms with Crippen molar-refractivity contribution in [1.82, 2.24) is 0 Å². The van der Waals surface area contributed by atoms with E-state index in [9.17, 15) is 4.79 Å². The van der Waals surface area contributed by atoms with Gasteiger partial charge in [0.25, 0.3) is 0 Å². The van der Waals surface area contributed by atoms with Crippen LogP contribution in [0.25, 0.3) is 0 Å². The first-order chi connectivity index (χ1) is 11.4. The van der Waals surface area contributed by atoms with Gasteiger partial charge in [-0.25, -0.2) is 0 Å². The molecule has 0 aromatic heterocycles. The van der Waals surface area contributed by atoms with Crippen LogP contribution in [0.5, 0.6) is 11.5 Å². The molecule has 2 rings (SSSR count). The van der Waals surface area contributed by atoms with Crippen LogP contribution in [0.1, 0.15) is 31.9 Å². The molecule has 0 amide bonds. The van der Waals surface area contributed by atoms with Crippen LogP contribution in [0.4, 0.5) is 0 Å². The van der Waals surface area contributed by atoms with Gasteiger partial charge in [-0.3, -0.25) is 4.79 Å². The Balaban J connectivity index is 2.28. The van der Waals surface area contributed by atoms with E-state index in [1.165, 1.54) is 0 Å². The molecule has 0 unspecified atom stereocenters. The van der Waals surface area contributed by atoms with Gasteiger partial charge in [0.05, 0.1) is 23.9 Å². The van der Waals surface area contributed by atoms with Crippen molar-refractivity contribution < 1.29 is 14.3 Å². The molecule has 0 fully saturated rings. The molecule has 0 bridgehead atoms. The molecule has 0 saturated carbocycles. The molecule has 2 aromatic carbocycles. The zero-order chi connectivity index (χ0) is 17.9. The molecule has 0 saturated heterocycles. The minimum absolute atomic E-state index is 0.0224. The van der Waals surface area contributed by atoms with E-state index in [1.54, 1.807) is 38.5 Å². The Morgan fingerprint density at radius 1 is 0.917 bits per heavy atom. The quantitative estimate of drug-likeness (QED) is 0.431. The van der Waals surface area contributed by atoms with Gasteiger partial charge in [-0.1, -0.05) is 31.9 Å². The van der Waals surface area contributed by atoms with E-state index in [0.717, 1.165) is 28.2 Å². The monoisotopic (exact) mass is 454 g/mol. The van der Waals surface area contributed by atoms with Crippen molar-refractivity contribution >= 4 is 37.6 Å². The Kier molecular flexibility index (Phi) is 6.47. The third-order valence-electron chi connectivity index (χ3n) is 3.96. The molecule has 2 aromatic rings. The van der Waals surface area contributed by atoms with Gasteiger partial charge >= 0.3 is 0 Å². The fraction of sp³-hybridized carbons (Fsp3) is 0.316. The summed E-state index contributed by atoms with van der Waals surface area (Å²) < 4.78 is 10.4. The minimum atomic E-state index is -0.378. The minimum Gasteiger partial charge on any atom is -0.497 e. The van der Waals surface area contributed by atoms with Gasteiger partial charge in [0.2, 0.25) is 0 Å². The number of alkyl halides is 2. The zero-order valence-electron chi connectivity index (χ0n) is 14.1. The number of halogens is 2. The highest BCUT2D eigenvalue weighted by molar-refractivity contribution is 9.12. The number of aryl methyl sites for hydroxylation is 2. The number of ketones is 1. The summed E-state index contributed by atoms with van der Waals surface area (Å²) in [5.41, 5.74) is 3.91. The van der Waals surface area contributed by atoms with Crippen molar-refractivity contribution in [2.24, 2.45) is 0 Å². The maximum Gasteiger partial charge on any atom is 0.177 e. The van der Waals surface area contributed by atoms with E-state index in [0.29, 0.717) is 5.56 Å². The predicted molar refractivity (Wildman–Crippen MR) is 104 cm³/mol. The summed E-state index contributed by atoms with van der Waals surface area (Å²) in [5.74, 6) is 1.57. The van der Waals surface area contributed by atoms with Crippen molar-refractivity contribution in [3.63, 3.8) is 0 Å². The highest BCUT2D eigenvalue weighted by atomic mass is 79.9. The molecule has 128 valence electrons. The van der Waals surface area contributed by atoms with Gasteiger partial charge in [-0.05, 0) is 66.9 Å². The van der Waals surface area contributed by atoms with Crippen molar-refractivity contribution in [1.29, 1.82) is 0 Å². The first-order valence-corrected chi connectivity index (χ1v) is 9.33. The van der Waals surface area contributed by atoms with Crippen LogP contribution < -0.4 is 9.47 Å². The number of rotatable bonds is 6. The molecule has 0 aliphatic rings. The SMILES string of the molecule is COc1ccc(C(=O)[C@H](Br)[C@H](Br)c2c(C)cc(OC)cc2C)cc1. The Morgan fingerprint density at radius 3 is 1.88 bits per heavy atom. The van der Waals surface area contributed by atoms with E-state index in [2.05, 4.69) is 31.9 Å². The van der Waals surface area contributed by atoms with Crippen molar-refractivity contribution in [3.8, 4) is 11.5 Å². The molecule has 3 nitrogen and oxygen atoms in total. The Bertz CT molecular complexity index is 703. The van der Waals surface area contributed by atoms with Crippen LogP contribution in [0.3, 0.4) is 0 Å². The lowest BCUT2D eigenvalue weighted by Gasteiger charge is -2.21. The standard InChI is InChI=1S/C19H20Br2O3/c1-11-9-15(24-4)10-12(2)16(11)17(20)18(21)19(22)13-5-7-14(23-3)8-6-13/h5-10,17-18H,1-4H3/t17-,18-/m1/s1. The van der Waals surface area contributed by atoms with E-state index in [-0.39, 0.29) is 15.4 Å². The largest absolute Gasteiger partial charge is 0.497 e. The van der Waals surface area contributed by atoms with Crippen LogP contribution in [0, 0.1) is 13.8 Å². The lowest BCUT2D eigenvalue weighted by molar-refractivity contribution is 0.0991. The van der Waals surface area contributed by atoms with Crippen LogP contribution in [0.2, 0.25) is 0 Å². The summed E-state index contributed by atoms with van der Waals surface area (Å²) in [5, 5.41) is 0. The maximum absolute atomic E-state index is 12.8. The number of hydrogen-bond acceptors (Lipinski definition) is 3. The number of benzene rings is 2. The van der Waals surface area contributed by atoms with Gasteiger partial charge in [0.15, 0.2) is 5.78 Å². The predicted octanol–water partition coefficient (Wildman–Crippen LogP) is 5.40. The van der Waals surface area contributed by atoms with E-state index in [1.807, 2.05) is 26.0 Å². The number of ether oxygens (including phenoxy) is 2. The zero-order valence-corrected chi connectivity index (χ0v) is 17.3. The van der Waals surface area contributed by atoms with Crippen molar-refractivity contribution in [2.75, 3.05) is 14.2 Å². The molecule has 2 atom stereocenters. The normalized spacial score (nSPS) is 13.2. The summed E-state index contributed by atoms with van der Waals surface area (Å²) in [7, 11) is 3.26. The second kappa shape index (κ2) is 8.17. The lowest BCUT2D eigenvalue weighted by atomic mass is 9.95.